The number of anilines is 1. The maximum absolute atomic E-state index is 12.7. The van der Waals surface area contributed by atoms with Crippen LogP contribution in [0.3, 0.4) is 0 Å². The first kappa shape index (κ1) is 18.8. The molecule has 2 aromatic carbocycles. The van der Waals surface area contributed by atoms with Crippen molar-refractivity contribution < 1.29 is 9.72 Å². The Bertz CT molecular complexity index is 1090. The number of hydrogen-bond acceptors (Lipinski definition) is 5. The van der Waals surface area contributed by atoms with Gasteiger partial charge in [0.25, 0.3) is 11.6 Å². The Morgan fingerprint density at radius 2 is 1.97 bits per heavy atom. The van der Waals surface area contributed by atoms with E-state index in [0.717, 1.165) is 43.0 Å². The molecule has 0 saturated carbocycles. The third-order valence-corrected chi connectivity index (χ3v) is 5.15. The molecule has 8 nitrogen and oxygen atoms in total. The third kappa shape index (κ3) is 3.73. The lowest BCUT2D eigenvalue weighted by atomic mass is 10.1. The molecule has 148 valence electrons. The molecule has 4 rings (SSSR count). The zero-order chi connectivity index (χ0) is 20.4. The fraction of sp³-hybridized carbons (Fsp3) is 0.286. The van der Waals surface area contributed by atoms with Crippen LogP contribution in [0.1, 0.15) is 41.0 Å². The Balaban J connectivity index is 1.63. The van der Waals surface area contributed by atoms with Gasteiger partial charge in [0.2, 0.25) is 0 Å². The number of nitro groups is 1. The van der Waals surface area contributed by atoms with Crippen molar-refractivity contribution in [2.45, 2.75) is 39.2 Å². The third-order valence-electron chi connectivity index (χ3n) is 5.15. The standard InChI is InChI=1S/C21H21N5O3/c1-14-7-5-10-17(19(14)26(28)29)21(27)22-16-9-6-8-15(13-16)20-24-23-18-11-3-2-4-12-25(18)20/h5-10,13H,2-4,11-12H2,1H3,(H,22,27). The summed E-state index contributed by atoms with van der Waals surface area (Å²) in [4.78, 5) is 23.6. The van der Waals surface area contributed by atoms with E-state index in [1.54, 1.807) is 25.1 Å². The molecule has 1 amide bonds. The second-order valence-corrected chi connectivity index (χ2v) is 7.17. The van der Waals surface area contributed by atoms with Gasteiger partial charge in [0, 0.05) is 29.8 Å². The number of nitrogens with zero attached hydrogens (tertiary/aromatic N) is 4. The van der Waals surface area contributed by atoms with Gasteiger partial charge in [-0.3, -0.25) is 14.9 Å². The lowest BCUT2D eigenvalue weighted by molar-refractivity contribution is -0.385. The van der Waals surface area contributed by atoms with E-state index >= 15 is 0 Å². The number of nitro benzene ring substituents is 1. The van der Waals surface area contributed by atoms with Crippen molar-refractivity contribution >= 4 is 17.3 Å². The Labute approximate surface area is 167 Å². The summed E-state index contributed by atoms with van der Waals surface area (Å²) in [5.41, 5.74) is 1.71. The van der Waals surface area contributed by atoms with E-state index in [1.807, 2.05) is 18.2 Å². The zero-order valence-electron chi connectivity index (χ0n) is 16.1. The highest BCUT2D eigenvalue weighted by Gasteiger charge is 2.23. The van der Waals surface area contributed by atoms with Crippen LogP contribution < -0.4 is 5.32 Å². The van der Waals surface area contributed by atoms with Crippen molar-refractivity contribution in [3.05, 3.63) is 69.5 Å². The zero-order valence-corrected chi connectivity index (χ0v) is 16.1. The number of hydrogen-bond donors (Lipinski definition) is 1. The topological polar surface area (TPSA) is 103 Å². The van der Waals surface area contributed by atoms with E-state index in [-0.39, 0.29) is 11.3 Å². The molecule has 8 heteroatoms. The van der Waals surface area contributed by atoms with Gasteiger partial charge < -0.3 is 9.88 Å². The SMILES string of the molecule is Cc1cccc(C(=O)Nc2cccc(-c3nnc4n3CCCCC4)c2)c1[N+](=O)[O-]. The van der Waals surface area contributed by atoms with Gasteiger partial charge in [-0.05, 0) is 38.0 Å². The number of amides is 1. The van der Waals surface area contributed by atoms with Crippen molar-refractivity contribution in [2.24, 2.45) is 0 Å². The molecule has 0 spiro atoms. The normalized spacial score (nSPS) is 13.4. The van der Waals surface area contributed by atoms with E-state index < -0.39 is 10.8 Å². The largest absolute Gasteiger partial charge is 0.322 e. The van der Waals surface area contributed by atoms with Crippen LogP contribution in [0.5, 0.6) is 0 Å². The molecule has 0 saturated heterocycles. The highest BCUT2D eigenvalue weighted by atomic mass is 16.6. The number of nitrogens with one attached hydrogen (secondary N) is 1. The van der Waals surface area contributed by atoms with Gasteiger partial charge in [0.05, 0.1) is 4.92 Å². The van der Waals surface area contributed by atoms with Crippen LogP contribution in [0.25, 0.3) is 11.4 Å². The molecule has 29 heavy (non-hydrogen) atoms. The van der Waals surface area contributed by atoms with E-state index in [4.69, 9.17) is 0 Å². The van der Waals surface area contributed by atoms with E-state index in [2.05, 4.69) is 20.1 Å². The summed E-state index contributed by atoms with van der Waals surface area (Å²) in [6.45, 7) is 2.50. The van der Waals surface area contributed by atoms with E-state index in [0.29, 0.717) is 11.3 Å². The predicted molar refractivity (Wildman–Crippen MR) is 109 cm³/mol. The van der Waals surface area contributed by atoms with Gasteiger partial charge in [0.15, 0.2) is 5.82 Å². The second-order valence-electron chi connectivity index (χ2n) is 7.17. The molecule has 2 heterocycles. The molecule has 0 unspecified atom stereocenters. The molecule has 1 aliphatic heterocycles. The Kier molecular flexibility index (Phi) is 5.07. The molecule has 0 aliphatic carbocycles. The fourth-order valence-electron chi connectivity index (χ4n) is 3.72. The first-order chi connectivity index (χ1) is 14.0. The van der Waals surface area contributed by atoms with Gasteiger partial charge in [-0.2, -0.15) is 0 Å². The second kappa shape index (κ2) is 7.83. The number of fused-ring (bicyclic) bond motifs is 1. The summed E-state index contributed by atoms with van der Waals surface area (Å²) in [5.74, 6) is 1.25. The monoisotopic (exact) mass is 391 g/mol. The van der Waals surface area contributed by atoms with Crippen molar-refractivity contribution in [3.63, 3.8) is 0 Å². The molecule has 0 bridgehead atoms. The summed E-state index contributed by atoms with van der Waals surface area (Å²) < 4.78 is 2.14. The molecule has 1 aromatic heterocycles. The molecular weight excluding hydrogens is 370 g/mol. The molecular formula is C21H21N5O3. The lowest BCUT2D eigenvalue weighted by Crippen LogP contribution is -2.14. The van der Waals surface area contributed by atoms with Gasteiger partial charge >= 0.3 is 0 Å². The van der Waals surface area contributed by atoms with E-state index in [9.17, 15) is 14.9 Å². The van der Waals surface area contributed by atoms with Crippen LogP contribution in [0.2, 0.25) is 0 Å². The van der Waals surface area contributed by atoms with Crippen molar-refractivity contribution in [1.29, 1.82) is 0 Å². The summed E-state index contributed by atoms with van der Waals surface area (Å²) in [5, 5.41) is 22.8. The average Bonchev–Trinajstić information content (AvgIpc) is 2.96. The van der Waals surface area contributed by atoms with Gasteiger partial charge in [0.1, 0.15) is 11.4 Å². The Morgan fingerprint density at radius 3 is 2.79 bits per heavy atom. The fourth-order valence-corrected chi connectivity index (χ4v) is 3.72. The van der Waals surface area contributed by atoms with Crippen LogP contribution in [0.4, 0.5) is 11.4 Å². The Hall–Kier alpha value is -3.55. The van der Waals surface area contributed by atoms with Crippen molar-refractivity contribution in [2.75, 3.05) is 5.32 Å². The van der Waals surface area contributed by atoms with E-state index in [1.165, 1.54) is 12.5 Å². The minimum atomic E-state index is -0.522. The van der Waals surface area contributed by atoms with Crippen LogP contribution in [0.15, 0.2) is 42.5 Å². The van der Waals surface area contributed by atoms with Crippen LogP contribution in [-0.2, 0) is 13.0 Å². The molecule has 3 aromatic rings. The Morgan fingerprint density at radius 1 is 1.14 bits per heavy atom. The maximum atomic E-state index is 12.7. The van der Waals surface area contributed by atoms with Gasteiger partial charge in [-0.25, -0.2) is 0 Å². The minimum absolute atomic E-state index is 0.0387. The minimum Gasteiger partial charge on any atom is -0.322 e. The first-order valence-corrected chi connectivity index (χ1v) is 9.62. The highest BCUT2D eigenvalue weighted by molar-refractivity contribution is 6.07. The van der Waals surface area contributed by atoms with Crippen molar-refractivity contribution in [3.8, 4) is 11.4 Å². The highest BCUT2D eigenvalue weighted by Crippen LogP contribution is 2.27. The average molecular weight is 391 g/mol. The lowest BCUT2D eigenvalue weighted by Gasteiger charge is -2.10. The number of aromatic nitrogens is 3. The quantitative estimate of drug-likeness (QED) is 0.532. The number of benzene rings is 2. The van der Waals surface area contributed by atoms with Crippen LogP contribution in [-0.4, -0.2) is 25.6 Å². The summed E-state index contributed by atoms with van der Waals surface area (Å²) >= 11 is 0. The molecule has 0 fully saturated rings. The maximum Gasteiger partial charge on any atom is 0.285 e. The number of carbonyl (C=O) groups excluding carboxylic acids is 1. The van der Waals surface area contributed by atoms with Gasteiger partial charge in [-0.1, -0.05) is 30.7 Å². The number of rotatable bonds is 4. The summed E-state index contributed by atoms with van der Waals surface area (Å²) in [7, 11) is 0. The van der Waals surface area contributed by atoms with Crippen molar-refractivity contribution in [1.82, 2.24) is 14.8 Å². The van der Waals surface area contributed by atoms with Gasteiger partial charge in [-0.15, -0.1) is 10.2 Å². The number of aryl methyl sites for hydroxylation is 2. The molecule has 0 radical (unpaired) electrons. The number of carbonyl (C=O) groups is 1. The molecule has 0 atom stereocenters. The number of para-hydroxylation sites is 1. The summed E-state index contributed by atoms with van der Waals surface area (Å²) in [6, 6.07) is 12.0. The smallest absolute Gasteiger partial charge is 0.285 e. The molecule has 1 N–H and O–H groups in total. The van der Waals surface area contributed by atoms with Crippen LogP contribution >= 0.6 is 0 Å². The summed E-state index contributed by atoms with van der Waals surface area (Å²) in [6.07, 6.45) is 4.30. The first-order valence-electron chi connectivity index (χ1n) is 9.62. The predicted octanol–water partition coefficient (Wildman–Crippen LogP) is 4.14. The molecule has 1 aliphatic rings. The van der Waals surface area contributed by atoms with Crippen LogP contribution in [0, 0.1) is 17.0 Å².